The predicted octanol–water partition coefficient (Wildman–Crippen LogP) is 4.35. The van der Waals surface area contributed by atoms with Gasteiger partial charge >= 0.3 is 0 Å². The van der Waals surface area contributed by atoms with Crippen molar-refractivity contribution in [3.63, 3.8) is 0 Å². The summed E-state index contributed by atoms with van der Waals surface area (Å²) in [6.07, 6.45) is 7.64. The Hall–Kier alpha value is -3.67. The van der Waals surface area contributed by atoms with Crippen LogP contribution in [0, 0.1) is 10.8 Å². The Kier molecular flexibility index (Phi) is 8.37. The van der Waals surface area contributed by atoms with Crippen LogP contribution in [0.5, 0.6) is 0 Å². The quantitative estimate of drug-likeness (QED) is 0.188. The van der Waals surface area contributed by atoms with Gasteiger partial charge in [-0.2, -0.15) is 0 Å². The second kappa shape index (κ2) is 11.6. The zero-order valence-electron chi connectivity index (χ0n) is 18.6. The van der Waals surface area contributed by atoms with E-state index in [-0.39, 0.29) is 5.96 Å². The molecule has 1 heterocycles. The van der Waals surface area contributed by atoms with Crippen molar-refractivity contribution in [2.75, 3.05) is 13.1 Å². The molecule has 0 saturated carbocycles. The van der Waals surface area contributed by atoms with Crippen molar-refractivity contribution < 1.29 is 0 Å². The van der Waals surface area contributed by atoms with E-state index in [9.17, 15) is 0 Å². The lowest BCUT2D eigenvalue weighted by molar-refractivity contribution is 0.767. The van der Waals surface area contributed by atoms with Gasteiger partial charge in [-0.3, -0.25) is 15.8 Å². The average molecular weight is 429 g/mol. The summed E-state index contributed by atoms with van der Waals surface area (Å²) < 4.78 is 0. The molecule has 0 bridgehead atoms. The van der Waals surface area contributed by atoms with E-state index in [4.69, 9.17) is 16.6 Å². The summed E-state index contributed by atoms with van der Waals surface area (Å²) in [6, 6.07) is 19.4. The number of nitrogens with two attached hydrogens (primary N) is 1. The summed E-state index contributed by atoms with van der Waals surface area (Å²) in [6.45, 7) is 3.28. The maximum atomic E-state index is 7.45. The number of rotatable bonds is 10. The van der Waals surface area contributed by atoms with Crippen molar-refractivity contribution in [2.24, 2.45) is 5.73 Å². The molecule has 0 saturated heterocycles. The molecule has 0 spiro atoms. The fourth-order valence-corrected chi connectivity index (χ4v) is 3.65. The fraction of sp³-hybridized carbons (Fsp3) is 0.269. The Morgan fingerprint density at radius 3 is 1.81 bits per heavy atom. The molecular weight excluding hydrogens is 396 g/mol. The summed E-state index contributed by atoms with van der Waals surface area (Å²) in [5.74, 6) is 0.530. The maximum absolute atomic E-state index is 7.45. The minimum absolute atomic E-state index is 0.0174. The van der Waals surface area contributed by atoms with E-state index in [1.54, 1.807) is 6.92 Å². The number of guanidine groups is 1. The van der Waals surface area contributed by atoms with E-state index in [1.807, 2.05) is 12.4 Å². The Labute approximate surface area is 190 Å². The second-order valence-corrected chi connectivity index (χ2v) is 7.96. The molecule has 6 nitrogen and oxygen atoms in total. The van der Waals surface area contributed by atoms with Crippen LogP contribution in [0.25, 0.3) is 22.3 Å². The Balaban J connectivity index is 1.69. The number of nitrogens with one attached hydrogen (secondary N) is 4. The first-order chi connectivity index (χ1) is 15.5. The number of amidine groups is 1. The SMILES string of the molecule is CC(=N)NCCCc1cccc(-c2cncc(-c3cccc(CCCNC(=N)N)c3)c2)c1. The van der Waals surface area contributed by atoms with Gasteiger partial charge in [0.1, 0.15) is 0 Å². The van der Waals surface area contributed by atoms with Crippen LogP contribution in [0.1, 0.15) is 30.9 Å². The number of aryl methyl sites for hydroxylation is 2. The summed E-state index contributed by atoms with van der Waals surface area (Å²) >= 11 is 0. The van der Waals surface area contributed by atoms with Gasteiger partial charge in [0.25, 0.3) is 0 Å². The van der Waals surface area contributed by atoms with Gasteiger partial charge < -0.3 is 16.4 Å². The average Bonchev–Trinajstić information content (AvgIpc) is 2.80. The minimum Gasteiger partial charge on any atom is -0.374 e. The highest BCUT2D eigenvalue weighted by Gasteiger charge is 2.05. The molecular formula is C26H32N6. The third kappa shape index (κ3) is 7.23. The molecule has 32 heavy (non-hydrogen) atoms. The van der Waals surface area contributed by atoms with Gasteiger partial charge in [0.05, 0.1) is 5.84 Å². The minimum atomic E-state index is 0.0174. The highest BCUT2D eigenvalue weighted by molar-refractivity contribution is 5.76. The van der Waals surface area contributed by atoms with Crippen LogP contribution < -0.4 is 16.4 Å². The lowest BCUT2D eigenvalue weighted by Crippen LogP contribution is -2.31. The summed E-state index contributed by atoms with van der Waals surface area (Å²) in [7, 11) is 0. The highest BCUT2D eigenvalue weighted by Crippen LogP contribution is 2.27. The van der Waals surface area contributed by atoms with Gasteiger partial charge in [0, 0.05) is 36.6 Å². The van der Waals surface area contributed by atoms with Gasteiger partial charge in [-0.15, -0.1) is 0 Å². The van der Waals surface area contributed by atoms with E-state index in [0.717, 1.165) is 48.9 Å². The van der Waals surface area contributed by atoms with Crippen LogP contribution in [-0.2, 0) is 12.8 Å². The molecule has 166 valence electrons. The first-order valence-corrected chi connectivity index (χ1v) is 11.0. The van der Waals surface area contributed by atoms with Crippen molar-refractivity contribution in [1.29, 1.82) is 10.8 Å². The van der Waals surface area contributed by atoms with Crippen LogP contribution in [0.4, 0.5) is 0 Å². The summed E-state index contributed by atoms with van der Waals surface area (Å²) in [5, 5.41) is 20.6. The number of pyridine rings is 1. The third-order valence-electron chi connectivity index (χ3n) is 5.25. The largest absolute Gasteiger partial charge is 0.374 e. The zero-order valence-corrected chi connectivity index (χ0v) is 18.6. The van der Waals surface area contributed by atoms with E-state index < -0.39 is 0 Å². The lowest BCUT2D eigenvalue weighted by Gasteiger charge is -2.10. The molecule has 6 N–H and O–H groups in total. The maximum Gasteiger partial charge on any atom is 0.185 e. The Morgan fingerprint density at radius 2 is 1.31 bits per heavy atom. The van der Waals surface area contributed by atoms with Gasteiger partial charge in [-0.25, -0.2) is 0 Å². The van der Waals surface area contributed by atoms with E-state index in [0.29, 0.717) is 12.4 Å². The van der Waals surface area contributed by atoms with Crippen molar-refractivity contribution in [1.82, 2.24) is 15.6 Å². The smallest absolute Gasteiger partial charge is 0.185 e. The van der Waals surface area contributed by atoms with E-state index >= 15 is 0 Å². The molecule has 2 aromatic carbocycles. The van der Waals surface area contributed by atoms with Crippen molar-refractivity contribution in [2.45, 2.75) is 32.6 Å². The van der Waals surface area contributed by atoms with E-state index in [2.05, 4.69) is 70.2 Å². The summed E-state index contributed by atoms with van der Waals surface area (Å²) in [5.41, 5.74) is 12.4. The molecule has 0 radical (unpaired) electrons. The number of benzene rings is 2. The standard InChI is InChI=1S/C26H32N6/c1-19(27)31-12-4-8-20-6-2-10-22(14-20)24-16-25(18-30-17-24)23-11-3-7-21(15-23)9-5-13-32-26(28)29/h2-3,6-7,10-11,14-18H,4-5,8-9,12-13H2,1H3,(H2,27,31)(H4,28,29,32). The first kappa shape index (κ1) is 23.0. The molecule has 1 aromatic heterocycles. The summed E-state index contributed by atoms with van der Waals surface area (Å²) in [4.78, 5) is 4.51. The number of hydrogen-bond donors (Lipinski definition) is 5. The molecule has 0 unspecified atom stereocenters. The Bertz CT molecular complexity index is 979. The van der Waals surface area contributed by atoms with Crippen molar-refractivity contribution in [3.05, 3.63) is 78.1 Å². The monoisotopic (exact) mass is 428 g/mol. The molecule has 0 amide bonds. The topological polar surface area (TPSA) is 111 Å². The first-order valence-electron chi connectivity index (χ1n) is 11.0. The Morgan fingerprint density at radius 1 is 0.781 bits per heavy atom. The molecule has 0 atom stereocenters. The number of aromatic nitrogens is 1. The molecule has 0 fully saturated rings. The number of hydrogen-bond acceptors (Lipinski definition) is 3. The van der Waals surface area contributed by atoms with Crippen molar-refractivity contribution in [3.8, 4) is 22.3 Å². The normalized spacial score (nSPS) is 10.5. The van der Waals surface area contributed by atoms with Crippen molar-refractivity contribution >= 4 is 11.8 Å². The van der Waals surface area contributed by atoms with Crippen LogP contribution >= 0.6 is 0 Å². The molecule has 3 rings (SSSR count). The third-order valence-corrected chi connectivity index (χ3v) is 5.25. The van der Waals surface area contributed by atoms with Gasteiger partial charge in [0.2, 0.25) is 0 Å². The van der Waals surface area contributed by atoms with E-state index in [1.165, 1.54) is 16.7 Å². The molecule has 0 aliphatic carbocycles. The molecule has 3 aromatic rings. The zero-order chi connectivity index (χ0) is 22.8. The predicted molar refractivity (Wildman–Crippen MR) is 133 cm³/mol. The van der Waals surface area contributed by atoms with Crippen LogP contribution in [-0.4, -0.2) is 29.9 Å². The van der Waals surface area contributed by atoms with Gasteiger partial charge in [-0.05, 0) is 60.9 Å². The van der Waals surface area contributed by atoms with Crippen LogP contribution in [0.15, 0.2) is 67.0 Å². The van der Waals surface area contributed by atoms with Crippen LogP contribution in [0.2, 0.25) is 0 Å². The van der Waals surface area contributed by atoms with Gasteiger partial charge in [-0.1, -0.05) is 48.5 Å². The fourth-order valence-electron chi connectivity index (χ4n) is 3.65. The highest BCUT2D eigenvalue weighted by atomic mass is 15.0. The molecule has 0 aliphatic rings. The molecule has 0 aliphatic heterocycles. The number of nitrogens with zero attached hydrogens (tertiary/aromatic N) is 1. The molecule has 6 heteroatoms. The second-order valence-electron chi connectivity index (χ2n) is 7.96. The lowest BCUT2D eigenvalue weighted by atomic mass is 9.98. The van der Waals surface area contributed by atoms with Crippen LogP contribution in [0.3, 0.4) is 0 Å². The van der Waals surface area contributed by atoms with Gasteiger partial charge in [0.15, 0.2) is 5.96 Å².